The third-order valence-electron chi connectivity index (χ3n) is 3.69. The van der Waals surface area contributed by atoms with Crippen molar-refractivity contribution in [2.24, 2.45) is 0 Å². The molecule has 0 radical (unpaired) electrons. The van der Waals surface area contributed by atoms with Crippen molar-refractivity contribution >= 4 is 15.6 Å². The van der Waals surface area contributed by atoms with Crippen molar-refractivity contribution in [3.63, 3.8) is 0 Å². The Morgan fingerprint density at radius 2 is 2.10 bits per heavy atom. The number of carbonyl (C=O) groups is 1. The number of nitrogens with one attached hydrogen (secondary N) is 1. The number of aromatic nitrogens is 1. The van der Waals surface area contributed by atoms with Gasteiger partial charge in [0.25, 0.3) is 0 Å². The number of Topliss-reactive ketones (excluding diaryl/α,β-unsaturated/α-hetero) is 1. The van der Waals surface area contributed by atoms with Gasteiger partial charge >= 0.3 is 0 Å². The van der Waals surface area contributed by atoms with E-state index in [4.69, 9.17) is 0 Å². The molecule has 0 aliphatic carbocycles. The SMILES string of the molecule is CS(=O)(=O)CCCC(=O)c1cccn1C1CCNCC1. The molecule has 0 amide bonds. The van der Waals surface area contributed by atoms with Crippen LogP contribution in [0.2, 0.25) is 0 Å². The van der Waals surface area contributed by atoms with Gasteiger partial charge in [-0.25, -0.2) is 8.42 Å². The fourth-order valence-corrected chi connectivity index (χ4v) is 3.33. The third kappa shape index (κ3) is 4.18. The molecular weight excluding hydrogens is 276 g/mol. The predicted molar refractivity (Wildman–Crippen MR) is 78.8 cm³/mol. The normalized spacial score (nSPS) is 17.2. The summed E-state index contributed by atoms with van der Waals surface area (Å²) in [5.41, 5.74) is 0.713. The second-order valence-corrected chi connectivity index (χ2v) is 7.70. The van der Waals surface area contributed by atoms with Crippen LogP contribution in [0.3, 0.4) is 0 Å². The van der Waals surface area contributed by atoms with E-state index in [1.807, 2.05) is 18.3 Å². The second-order valence-electron chi connectivity index (χ2n) is 5.44. The Kier molecular flexibility index (Phi) is 4.99. The lowest BCUT2D eigenvalue weighted by Crippen LogP contribution is -2.30. The highest BCUT2D eigenvalue weighted by Gasteiger charge is 2.19. The average Bonchev–Trinajstić information content (AvgIpc) is 2.87. The van der Waals surface area contributed by atoms with Crippen molar-refractivity contribution in [2.45, 2.75) is 31.7 Å². The third-order valence-corrected chi connectivity index (χ3v) is 4.72. The molecule has 0 saturated carbocycles. The minimum absolute atomic E-state index is 0.0391. The molecule has 0 aromatic carbocycles. The zero-order valence-electron chi connectivity index (χ0n) is 11.8. The number of hydrogen-bond acceptors (Lipinski definition) is 4. The molecule has 1 saturated heterocycles. The number of sulfone groups is 1. The van der Waals surface area contributed by atoms with Gasteiger partial charge in [0, 0.05) is 24.9 Å². The van der Waals surface area contributed by atoms with Crippen LogP contribution in [-0.2, 0) is 9.84 Å². The molecule has 6 heteroatoms. The van der Waals surface area contributed by atoms with Gasteiger partial charge in [-0.1, -0.05) is 0 Å². The van der Waals surface area contributed by atoms with Crippen LogP contribution in [0.1, 0.15) is 42.2 Å². The lowest BCUT2D eigenvalue weighted by atomic mass is 10.1. The van der Waals surface area contributed by atoms with Crippen LogP contribution in [0, 0.1) is 0 Å². The number of hydrogen-bond donors (Lipinski definition) is 1. The first-order chi connectivity index (χ1) is 9.47. The molecule has 2 heterocycles. The molecule has 1 aromatic heterocycles. The molecule has 1 aliphatic heterocycles. The van der Waals surface area contributed by atoms with E-state index in [0.717, 1.165) is 25.9 Å². The Morgan fingerprint density at radius 1 is 1.40 bits per heavy atom. The summed E-state index contributed by atoms with van der Waals surface area (Å²) in [6.45, 7) is 1.95. The Labute approximate surface area is 120 Å². The van der Waals surface area contributed by atoms with E-state index in [1.54, 1.807) is 0 Å². The van der Waals surface area contributed by atoms with Crippen molar-refractivity contribution in [1.29, 1.82) is 0 Å². The largest absolute Gasteiger partial charge is 0.342 e. The van der Waals surface area contributed by atoms with Gasteiger partial charge < -0.3 is 9.88 Å². The first-order valence-electron chi connectivity index (χ1n) is 7.06. The summed E-state index contributed by atoms with van der Waals surface area (Å²) < 4.78 is 24.2. The van der Waals surface area contributed by atoms with E-state index in [2.05, 4.69) is 9.88 Å². The summed E-state index contributed by atoms with van der Waals surface area (Å²) in [5.74, 6) is 0.115. The molecule has 112 valence electrons. The molecule has 0 bridgehead atoms. The minimum Gasteiger partial charge on any atom is -0.342 e. The van der Waals surface area contributed by atoms with Crippen molar-refractivity contribution < 1.29 is 13.2 Å². The maximum Gasteiger partial charge on any atom is 0.179 e. The number of nitrogens with zero attached hydrogens (tertiary/aromatic N) is 1. The van der Waals surface area contributed by atoms with Crippen molar-refractivity contribution in [2.75, 3.05) is 25.1 Å². The van der Waals surface area contributed by atoms with Crippen molar-refractivity contribution in [3.05, 3.63) is 24.0 Å². The number of ketones is 1. The topological polar surface area (TPSA) is 68.2 Å². The van der Waals surface area contributed by atoms with Gasteiger partial charge in [0.2, 0.25) is 0 Å². The van der Waals surface area contributed by atoms with Crippen molar-refractivity contribution in [1.82, 2.24) is 9.88 Å². The van der Waals surface area contributed by atoms with Gasteiger partial charge in [0.1, 0.15) is 9.84 Å². The van der Waals surface area contributed by atoms with E-state index in [0.29, 0.717) is 24.6 Å². The van der Waals surface area contributed by atoms with Gasteiger partial charge in [-0.15, -0.1) is 0 Å². The molecule has 0 unspecified atom stereocenters. The molecule has 1 N–H and O–H groups in total. The molecular formula is C14H22N2O3S. The fourth-order valence-electron chi connectivity index (χ4n) is 2.66. The highest BCUT2D eigenvalue weighted by Crippen LogP contribution is 2.22. The van der Waals surface area contributed by atoms with Crippen molar-refractivity contribution in [3.8, 4) is 0 Å². The standard InChI is InChI=1S/C14H22N2O3S/c1-20(18,19)11-3-5-14(17)13-4-2-10-16(13)12-6-8-15-9-7-12/h2,4,10,12,15H,3,5-9,11H2,1H3. The van der Waals surface area contributed by atoms with Crippen LogP contribution in [0.5, 0.6) is 0 Å². The summed E-state index contributed by atoms with van der Waals surface area (Å²) >= 11 is 0. The summed E-state index contributed by atoms with van der Waals surface area (Å²) in [5, 5.41) is 3.31. The Morgan fingerprint density at radius 3 is 2.75 bits per heavy atom. The highest BCUT2D eigenvalue weighted by atomic mass is 32.2. The van der Waals surface area contributed by atoms with Crippen LogP contribution in [-0.4, -0.2) is 43.9 Å². The van der Waals surface area contributed by atoms with Crippen LogP contribution in [0.4, 0.5) is 0 Å². The Balaban J connectivity index is 1.98. The first-order valence-corrected chi connectivity index (χ1v) is 9.12. The second kappa shape index (κ2) is 6.54. The van der Waals surface area contributed by atoms with Crippen LogP contribution in [0.25, 0.3) is 0 Å². The zero-order chi connectivity index (χ0) is 14.6. The number of rotatable bonds is 6. The Bertz CT molecular complexity index is 557. The molecule has 0 atom stereocenters. The molecule has 20 heavy (non-hydrogen) atoms. The first kappa shape index (κ1) is 15.3. The fraction of sp³-hybridized carbons (Fsp3) is 0.643. The van der Waals surface area contributed by atoms with E-state index in [9.17, 15) is 13.2 Å². The van der Waals surface area contributed by atoms with Gasteiger partial charge in [-0.2, -0.15) is 0 Å². The van der Waals surface area contributed by atoms with Gasteiger partial charge in [0.05, 0.1) is 11.4 Å². The zero-order valence-corrected chi connectivity index (χ0v) is 12.7. The molecule has 0 spiro atoms. The maximum absolute atomic E-state index is 12.2. The average molecular weight is 298 g/mol. The molecule has 1 aliphatic rings. The van der Waals surface area contributed by atoms with Crippen LogP contribution < -0.4 is 5.32 Å². The quantitative estimate of drug-likeness (QED) is 0.807. The van der Waals surface area contributed by atoms with Gasteiger partial charge in [0.15, 0.2) is 5.78 Å². The highest BCUT2D eigenvalue weighted by molar-refractivity contribution is 7.90. The summed E-state index contributed by atoms with van der Waals surface area (Å²) in [6, 6.07) is 4.11. The number of carbonyl (C=O) groups excluding carboxylic acids is 1. The van der Waals surface area contributed by atoms with E-state index in [1.165, 1.54) is 6.26 Å². The summed E-state index contributed by atoms with van der Waals surface area (Å²) in [4.78, 5) is 12.2. The van der Waals surface area contributed by atoms with Gasteiger partial charge in [-0.3, -0.25) is 4.79 Å². The molecule has 1 fully saturated rings. The predicted octanol–water partition coefficient (Wildman–Crippen LogP) is 1.42. The van der Waals surface area contributed by atoms with Gasteiger partial charge in [-0.05, 0) is 44.5 Å². The van der Waals surface area contributed by atoms with E-state index < -0.39 is 9.84 Å². The summed E-state index contributed by atoms with van der Waals surface area (Å²) in [7, 11) is -2.99. The molecule has 2 rings (SSSR count). The Hall–Kier alpha value is -1.14. The smallest absolute Gasteiger partial charge is 0.179 e. The molecule has 1 aromatic rings. The monoisotopic (exact) mass is 298 g/mol. The number of piperidine rings is 1. The summed E-state index contributed by atoms with van der Waals surface area (Å²) in [6.07, 6.45) is 5.91. The molecule has 5 nitrogen and oxygen atoms in total. The van der Waals surface area contributed by atoms with E-state index in [-0.39, 0.29) is 11.5 Å². The van der Waals surface area contributed by atoms with Crippen LogP contribution >= 0.6 is 0 Å². The van der Waals surface area contributed by atoms with E-state index >= 15 is 0 Å². The maximum atomic E-state index is 12.2. The lowest BCUT2D eigenvalue weighted by molar-refractivity contribution is 0.0969. The van der Waals surface area contributed by atoms with Crippen LogP contribution in [0.15, 0.2) is 18.3 Å². The lowest BCUT2D eigenvalue weighted by Gasteiger charge is -2.25. The minimum atomic E-state index is -2.99.